The lowest BCUT2D eigenvalue weighted by molar-refractivity contribution is 0.436. The molecule has 1 saturated carbocycles. The normalized spacial score (nSPS) is 15.4. The number of H-pyrrole nitrogens is 1. The average Bonchev–Trinajstić information content (AvgIpc) is 2.68. The van der Waals surface area contributed by atoms with Gasteiger partial charge in [0.1, 0.15) is 4.64 Å². The van der Waals surface area contributed by atoms with Crippen LogP contribution in [0, 0.1) is 10.6 Å². The first-order valence-electron chi connectivity index (χ1n) is 9.54. The van der Waals surface area contributed by atoms with Gasteiger partial charge < -0.3 is 10.3 Å². The van der Waals surface area contributed by atoms with Crippen molar-refractivity contribution in [1.82, 2.24) is 10.3 Å². The maximum Gasteiger partial charge on any atom is 0.111 e. The smallest absolute Gasteiger partial charge is 0.111 e. The summed E-state index contributed by atoms with van der Waals surface area (Å²) in [6, 6.07) is 13.0. The summed E-state index contributed by atoms with van der Waals surface area (Å²) < 4.78 is 0.802. The van der Waals surface area contributed by atoms with Gasteiger partial charge in [0.05, 0.1) is 4.99 Å². The molecule has 1 aromatic heterocycles. The SMILES string of the molecule is S=C(NCCc1cccc2ccc3c(=S)[nH]ccc3c12)C1CCCCC1. The molecular weight excluding hydrogens is 356 g/mol. The highest BCUT2D eigenvalue weighted by Gasteiger charge is 2.17. The number of thiocarbonyl (C=S) groups is 1. The Hall–Kier alpha value is -1.78. The van der Waals surface area contributed by atoms with E-state index in [2.05, 4.69) is 46.7 Å². The molecule has 0 saturated heterocycles. The first kappa shape index (κ1) is 17.6. The molecule has 4 rings (SSSR count). The first-order valence-corrected chi connectivity index (χ1v) is 10.4. The molecule has 0 atom stereocenters. The van der Waals surface area contributed by atoms with Gasteiger partial charge in [-0.05, 0) is 47.1 Å². The highest BCUT2D eigenvalue weighted by atomic mass is 32.1. The second-order valence-corrected chi connectivity index (χ2v) is 8.07. The van der Waals surface area contributed by atoms with Crippen LogP contribution in [0.2, 0.25) is 0 Å². The molecule has 1 aliphatic rings. The molecule has 0 unspecified atom stereocenters. The van der Waals surface area contributed by atoms with E-state index in [0.29, 0.717) is 5.92 Å². The molecule has 1 fully saturated rings. The summed E-state index contributed by atoms with van der Waals surface area (Å²) in [4.78, 5) is 4.21. The van der Waals surface area contributed by atoms with Gasteiger partial charge in [0, 0.05) is 24.0 Å². The van der Waals surface area contributed by atoms with Crippen LogP contribution in [-0.2, 0) is 6.42 Å². The zero-order valence-corrected chi connectivity index (χ0v) is 16.5. The monoisotopic (exact) mass is 380 g/mol. The number of rotatable bonds is 4. The molecule has 0 aliphatic heterocycles. The summed E-state index contributed by atoms with van der Waals surface area (Å²) in [6.45, 7) is 0.893. The highest BCUT2D eigenvalue weighted by molar-refractivity contribution is 7.80. The molecular formula is C22H24N2S2. The summed E-state index contributed by atoms with van der Waals surface area (Å²) >= 11 is 11.1. The van der Waals surface area contributed by atoms with Gasteiger partial charge >= 0.3 is 0 Å². The quantitative estimate of drug-likeness (QED) is 0.424. The van der Waals surface area contributed by atoms with Crippen LogP contribution < -0.4 is 5.32 Å². The summed E-state index contributed by atoms with van der Waals surface area (Å²) in [5, 5.41) is 8.47. The Bertz CT molecular complexity index is 1000. The third-order valence-electron chi connectivity index (χ3n) is 5.55. The van der Waals surface area contributed by atoms with Crippen molar-refractivity contribution in [1.29, 1.82) is 0 Å². The van der Waals surface area contributed by atoms with Gasteiger partial charge in [-0.1, -0.05) is 74.0 Å². The Morgan fingerprint density at radius 3 is 2.73 bits per heavy atom. The minimum atomic E-state index is 0.588. The number of benzene rings is 2. The van der Waals surface area contributed by atoms with E-state index in [4.69, 9.17) is 24.4 Å². The summed E-state index contributed by atoms with van der Waals surface area (Å²) in [5.74, 6) is 0.588. The van der Waals surface area contributed by atoms with Gasteiger partial charge in [-0.25, -0.2) is 0 Å². The lowest BCUT2D eigenvalue weighted by Crippen LogP contribution is -2.31. The number of aromatic amines is 1. The third-order valence-corrected chi connectivity index (χ3v) is 6.37. The van der Waals surface area contributed by atoms with Crippen molar-refractivity contribution >= 4 is 51.0 Å². The van der Waals surface area contributed by atoms with Crippen LogP contribution in [0.15, 0.2) is 42.6 Å². The standard InChI is InChI=1S/C22H24N2S2/c25-21(17-5-2-1-3-6-17)23-13-11-16-8-4-7-15-9-10-19-18(20(15)16)12-14-24-22(19)26/h4,7-10,12,14,17H,1-3,5-6,11,13H2,(H,23,25)(H,24,26). The topological polar surface area (TPSA) is 27.8 Å². The molecule has 26 heavy (non-hydrogen) atoms. The largest absolute Gasteiger partial charge is 0.379 e. The Kier molecular flexibility index (Phi) is 5.32. The second kappa shape index (κ2) is 7.85. The number of fused-ring (bicyclic) bond motifs is 3. The Labute approximate surface area is 165 Å². The molecule has 2 nitrogen and oxygen atoms in total. The fourth-order valence-electron chi connectivity index (χ4n) is 4.17. The van der Waals surface area contributed by atoms with Gasteiger partial charge in [-0.2, -0.15) is 0 Å². The van der Waals surface area contributed by atoms with E-state index in [9.17, 15) is 0 Å². The van der Waals surface area contributed by atoms with Crippen LogP contribution in [0.25, 0.3) is 21.5 Å². The van der Waals surface area contributed by atoms with Crippen LogP contribution in [0.5, 0.6) is 0 Å². The molecule has 134 valence electrons. The Balaban J connectivity index is 1.57. The van der Waals surface area contributed by atoms with E-state index in [1.807, 2.05) is 6.20 Å². The first-order chi connectivity index (χ1) is 12.7. The van der Waals surface area contributed by atoms with E-state index in [0.717, 1.165) is 28.0 Å². The number of hydrogen-bond donors (Lipinski definition) is 2. The van der Waals surface area contributed by atoms with Crippen molar-refractivity contribution in [2.75, 3.05) is 6.54 Å². The van der Waals surface area contributed by atoms with Crippen molar-refractivity contribution in [2.24, 2.45) is 5.92 Å². The molecule has 2 N–H and O–H groups in total. The van der Waals surface area contributed by atoms with Crippen LogP contribution >= 0.6 is 24.4 Å². The van der Waals surface area contributed by atoms with E-state index in [-0.39, 0.29) is 0 Å². The molecule has 1 aliphatic carbocycles. The second-order valence-electron chi connectivity index (χ2n) is 7.22. The fraction of sp³-hybridized carbons (Fsp3) is 0.364. The van der Waals surface area contributed by atoms with E-state index >= 15 is 0 Å². The van der Waals surface area contributed by atoms with Gasteiger partial charge in [-0.3, -0.25) is 0 Å². The van der Waals surface area contributed by atoms with Crippen LogP contribution in [0.4, 0.5) is 0 Å². The van der Waals surface area contributed by atoms with Crippen molar-refractivity contribution in [2.45, 2.75) is 38.5 Å². The molecule has 4 heteroatoms. The van der Waals surface area contributed by atoms with Crippen molar-refractivity contribution in [3.63, 3.8) is 0 Å². The number of hydrogen-bond acceptors (Lipinski definition) is 2. The zero-order chi connectivity index (χ0) is 17.9. The van der Waals surface area contributed by atoms with Gasteiger partial charge in [-0.15, -0.1) is 0 Å². The minimum absolute atomic E-state index is 0.588. The fourth-order valence-corrected chi connectivity index (χ4v) is 4.76. The molecule has 0 amide bonds. The molecule has 1 heterocycles. The summed E-state index contributed by atoms with van der Waals surface area (Å²) in [6.07, 6.45) is 9.42. The van der Waals surface area contributed by atoms with E-state index < -0.39 is 0 Å². The third kappa shape index (κ3) is 3.53. The summed E-state index contributed by atoms with van der Waals surface area (Å²) in [5.41, 5.74) is 1.35. The van der Waals surface area contributed by atoms with Gasteiger partial charge in [0.15, 0.2) is 0 Å². The number of nitrogens with one attached hydrogen (secondary N) is 2. The minimum Gasteiger partial charge on any atom is -0.379 e. The zero-order valence-electron chi connectivity index (χ0n) is 14.9. The van der Waals surface area contributed by atoms with Crippen molar-refractivity contribution in [3.05, 3.63) is 52.8 Å². The van der Waals surface area contributed by atoms with E-state index in [1.165, 1.54) is 53.8 Å². The lowest BCUT2D eigenvalue weighted by Gasteiger charge is -2.23. The van der Waals surface area contributed by atoms with Gasteiger partial charge in [0.2, 0.25) is 0 Å². The molecule has 2 aromatic carbocycles. The van der Waals surface area contributed by atoms with E-state index in [1.54, 1.807) is 0 Å². The van der Waals surface area contributed by atoms with Crippen molar-refractivity contribution < 1.29 is 0 Å². The molecule has 0 spiro atoms. The maximum absolute atomic E-state index is 5.65. The Morgan fingerprint density at radius 1 is 1.04 bits per heavy atom. The molecule has 0 radical (unpaired) electrons. The Morgan fingerprint density at radius 2 is 1.88 bits per heavy atom. The molecule has 3 aromatic rings. The van der Waals surface area contributed by atoms with Crippen molar-refractivity contribution in [3.8, 4) is 0 Å². The van der Waals surface area contributed by atoms with Crippen LogP contribution in [0.3, 0.4) is 0 Å². The predicted octanol–water partition coefficient (Wildman–Crippen LogP) is 6.09. The average molecular weight is 381 g/mol. The van der Waals surface area contributed by atoms with Gasteiger partial charge in [0.25, 0.3) is 0 Å². The number of aromatic nitrogens is 1. The van der Waals surface area contributed by atoms with Crippen LogP contribution in [-0.4, -0.2) is 16.5 Å². The summed E-state index contributed by atoms with van der Waals surface area (Å²) in [7, 11) is 0. The predicted molar refractivity (Wildman–Crippen MR) is 118 cm³/mol. The molecule has 0 bridgehead atoms. The maximum atomic E-state index is 5.65. The highest BCUT2D eigenvalue weighted by Crippen LogP contribution is 2.29. The number of pyridine rings is 1. The lowest BCUT2D eigenvalue weighted by atomic mass is 9.89. The van der Waals surface area contributed by atoms with Crippen LogP contribution in [0.1, 0.15) is 37.7 Å².